The second kappa shape index (κ2) is 4.62. The van der Waals surface area contributed by atoms with Crippen LogP contribution in [0.25, 0.3) is 5.82 Å². The van der Waals surface area contributed by atoms with E-state index in [1.807, 2.05) is 0 Å². The van der Waals surface area contributed by atoms with Crippen LogP contribution < -0.4 is 0 Å². The fraction of sp³-hybridized carbons (Fsp3) is 0.250. The Balaban J connectivity index is 2.58. The van der Waals surface area contributed by atoms with Crippen molar-refractivity contribution in [2.45, 2.75) is 20.0 Å². The number of halogens is 3. The lowest BCUT2D eigenvalue weighted by atomic mass is 10.2. The Hall–Kier alpha value is -2.38. The first kappa shape index (κ1) is 14.0. The van der Waals surface area contributed by atoms with Gasteiger partial charge in [-0.05, 0) is 13.8 Å². The minimum absolute atomic E-state index is 0.131. The number of carboxylic acids is 1. The lowest BCUT2D eigenvalue weighted by molar-refractivity contribution is -0.138. The zero-order valence-electron chi connectivity index (χ0n) is 10.6. The Labute approximate surface area is 111 Å². The Bertz CT molecular complexity index is 677. The van der Waals surface area contributed by atoms with Crippen LogP contribution in [0.2, 0.25) is 0 Å². The van der Waals surface area contributed by atoms with Gasteiger partial charge in [-0.3, -0.25) is 4.98 Å². The largest absolute Gasteiger partial charge is 0.478 e. The van der Waals surface area contributed by atoms with E-state index in [1.54, 1.807) is 13.8 Å². The van der Waals surface area contributed by atoms with Crippen LogP contribution >= 0.6 is 0 Å². The van der Waals surface area contributed by atoms with Gasteiger partial charge in [0.15, 0.2) is 5.82 Å². The number of hydrogen-bond donors (Lipinski definition) is 1. The third kappa shape index (κ3) is 2.49. The van der Waals surface area contributed by atoms with Crippen molar-refractivity contribution >= 4 is 5.97 Å². The summed E-state index contributed by atoms with van der Waals surface area (Å²) >= 11 is 0. The molecule has 106 valence electrons. The number of aromatic carboxylic acids is 1. The molecule has 2 heterocycles. The van der Waals surface area contributed by atoms with Crippen LogP contribution in [-0.2, 0) is 6.18 Å². The highest BCUT2D eigenvalue weighted by Gasteiger charge is 2.37. The van der Waals surface area contributed by atoms with Gasteiger partial charge in [-0.1, -0.05) is 0 Å². The molecule has 20 heavy (non-hydrogen) atoms. The van der Waals surface area contributed by atoms with E-state index in [9.17, 15) is 18.0 Å². The first-order valence-corrected chi connectivity index (χ1v) is 5.53. The molecule has 0 saturated heterocycles. The van der Waals surface area contributed by atoms with Gasteiger partial charge >= 0.3 is 12.1 Å². The third-order valence-electron chi connectivity index (χ3n) is 2.81. The summed E-state index contributed by atoms with van der Waals surface area (Å²) in [4.78, 5) is 19.0. The molecule has 0 radical (unpaired) electrons. The molecule has 0 aromatic carbocycles. The van der Waals surface area contributed by atoms with E-state index in [0.29, 0.717) is 17.6 Å². The number of aromatic nitrogens is 3. The smallest absolute Gasteiger partial charge is 0.418 e. The summed E-state index contributed by atoms with van der Waals surface area (Å²) in [6.07, 6.45) is -1.88. The Morgan fingerprint density at radius 1 is 1.25 bits per heavy atom. The van der Waals surface area contributed by atoms with Crippen molar-refractivity contribution in [3.63, 3.8) is 0 Å². The highest BCUT2D eigenvalue weighted by molar-refractivity contribution is 5.89. The van der Waals surface area contributed by atoms with Gasteiger partial charge in [-0.15, -0.1) is 0 Å². The van der Waals surface area contributed by atoms with E-state index < -0.39 is 23.3 Å². The quantitative estimate of drug-likeness (QED) is 0.921. The predicted octanol–water partition coefficient (Wildman–Crippen LogP) is 2.60. The molecule has 2 rings (SSSR count). The number of hydrogen-bond acceptors (Lipinski definition) is 3. The molecule has 0 aliphatic carbocycles. The summed E-state index contributed by atoms with van der Waals surface area (Å²) in [6.45, 7) is 3.38. The average molecular weight is 285 g/mol. The van der Waals surface area contributed by atoms with Crippen LogP contribution in [0.4, 0.5) is 13.2 Å². The number of carboxylic acid groups (broad SMARTS) is 1. The van der Waals surface area contributed by atoms with E-state index in [0.717, 1.165) is 10.8 Å². The molecular weight excluding hydrogens is 275 g/mol. The predicted molar refractivity (Wildman–Crippen MR) is 62.8 cm³/mol. The standard InChI is InChI=1S/C12H10F3N3O2/c1-6-7(2)17-10(3-16-6)18-4-8(11(19)20)9(5-18)12(13,14)15/h3-5H,1-2H3,(H,19,20). The molecule has 0 aliphatic rings. The van der Waals surface area contributed by atoms with Crippen molar-refractivity contribution in [2.75, 3.05) is 0 Å². The summed E-state index contributed by atoms with van der Waals surface area (Å²) in [5.74, 6) is -1.51. The minimum atomic E-state index is -4.74. The molecule has 0 atom stereocenters. The number of aryl methyl sites for hydroxylation is 2. The first-order valence-electron chi connectivity index (χ1n) is 5.53. The minimum Gasteiger partial charge on any atom is -0.478 e. The number of nitrogens with zero attached hydrogens (tertiary/aromatic N) is 3. The molecule has 8 heteroatoms. The van der Waals surface area contributed by atoms with E-state index in [4.69, 9.17) is 5.11 Å². The van der Waals surface area contributed by atoms with Crippen molar-refractivity contribution < 1.29 is 23.1 Å². The summed E-state index contributed by atoms with van der Waals surface area (Å²) in [6, 6.07) is 0. The van der Waals surface area contributed by atoms with Crippen LogP contribution in [0, 0.1) is 13.8 Å². The molecule has 2 aromatic heterocycles. The summed E-state index contributed by atoms with van der Waals surface area (Å²) in [5.41, 5.74) is -0.834. The molecule has 0 bridgehead atoms. The fourth-order valence-electron chi connectivity index (χ4n) is 1.64. The molecule has 0 saturated carbocycles. The molecule has 0 amide bonds. The van der Waals surface area contributed by atoms with Crippen molar-refractivity contribution in [2.24, 2.45) is 0 Å². The topological polar surface area (TPSA) is 68.0 Å². The maximum atomic E-state index is 12.8. The number of carbonyl (C=O) groups is 1. The summed E-state index contributed by atoms with van der Waals surface area (Å²) in [5, 5.41) is 8.84. The van der Waals surface area contributed by atoms with Crippen molar-refractivity contribution in [1.29, 1.82) is 0 Å². The first-order chi connectivity index (χ1) is 9.20. The molecule has 2 aromatic rings. The maximum absolute atomic E-state index is 12.8. The van der Waals surface area contributed by atoms with E-state index in [-0.39, 0.29) is 5.82 Å². The molecule has 0 unspecified atom stereocenters. The van der Waals surface area contributed by atoms with E-state index in [1.165, 1.54) is 6.20 Å². The highest BCUT2D eigenvalue weighted by atomic mass is 19.4. The third-order valence-corrected chi connectivity index (χ3v) is 2.81. The second-order valence-electron chi connectivity index (χ2n) is 4.19. The van der Waals surface area contributed by atoms with Gasteiger partial charge in [0.05, 0.1) is 28.7 Å². The van der Waals surface area contributed by atoms with Crippen LogP contribution in [0.15, 0.2) is 18.6 Å². The van der Waals surface area contributed by atoms with Crippen molar-refractivity contribution in [3.05, 3.63) is 41.1 Å². The van der Waals surface area contributed by atoms with Crippen LogP contribution in [-0.4, -0.2) is 25.6 Å². The Kier molecular flexibility index (Phi) is 3.24. The molecule has 0 spiro atoms. The zero-order chi connectivity index (χ0) is 15.1. The molecule has 1 N–H and O–H groups in total. The maximum Gasteiger partial charge on any atom is 0.418 e. The lowest BCUT2D eigenvalue weighted by Gasteiger charge is -2.05. The van der Waals surface area contributed by atoms with Crippen LogP contribution in [0.1, 0.15) is 27.3 Å². The summed E-state index contributed by atoms with van der Waals surface area (Å²) in [7, 11) is 0. The molecule has 0 fully saturated rings. The number of rotatable bonds is 2. The summed E-state index contributed by atoms with van der Waals surface area (Å²) < 4.78 is 39.3. The number of alkyl halides is 3. The van der Waals surface area contributed by atoms with Crippen LogP contribution in [0.3, 0.4) is 0 Å². The van der Waals surface area contributed by atoms with E-state index in [2.05, 4.69) is 9.97 Å². The monoisotopic (exact) mass is 285 g/mol. The van der Waals surface area contributed by atoms with Gasteiger partial charge in [0.2, 0.25) is 0 Å². The zero-order valence-corrected chi connectivity index (χ0v) is 10.6. The SMILES string of the molecule is Cc1ncc(-n2cc(C(=O)O)c(C(F)(F)F)c2)nc1C. The Morgan fingerprint density at radius 3 is 2.35 bits per heavy atom. The van der Waals surface area contributed by atoms with E-state index >= 15 is 0 Å². The van der Waals surface area contributed by atoms with Gasteiger partial charge in [-0.25, -0.2) is 9.78 Å². The molecule has 0 aliphatic heterocycles. The van der Waals surface area contributed by atoms with Crippen molar-refractivity contribution in [3.8, 4) is 5.82 Å². The fourth-order valence-corrected chi connectivity index (χ4v) is 1.64. The molecular formula is C12H10F3N3O2. The highest BCUT2D eigenvalue weighted by Crippen LogP contribution is 2.33. The normalized spacial score (nSPS) is 11.7. The average Bonchev–Trinajstić information content (AvgIpc) is 2.77. The Morgan fingerprint density at radius 2 is 1.90 bits per heavy atom. The lowest BCUT2D eigenvalue weighted by Crippen LogP contribution is -2.09. The van der Waals surface area contributed by atoms with Crippen LogP contribution in [0.5, 0.6) is 0 Å². The second-order valence-corrected chi connectivity index (χ2v) is 4.19. The van der Waals surface area contributed by atoms with Gasteiger partial charge in [0, 0.05) is 12.4 Å². The van der Waals surface area contributed by atoms with Crippen molar-refractivity contribution in [1.82, 2.24) is 14.5 Å². The van der Waals surface area contributed by atoms with Gasteiger partial charge < -0.3 is 9.67 Å². The van der Waals surface area contributed by atoms with Gasteiger partial charge in [0.25, 0.3) is 0 Å². The van der Waals surface area contributed by atoms with Gasteiger partial charge in [-0.2, -0.15) is 13.2 Å². The van der Waals surface area contributed by atoms with Gasteiger partial charge in [0.1, 0.15) is 0 Å². The molecule has 5 nitrogen and oxygen atoms in total.